The van der Waals surface area contributed by atoms with Crippen LogP contribution in [0.4, 0.5) is 4.39 Å². The van der Waals surface area contributed by atoms with Gasteiger partial charge in [-0.3, -0.25) is 10.1 Å². The number of ether oxygens (including phenoxy) is 1. The molecule has 0 fully saturated rings. The lowest BCUT2D eigenvalue weighted by molar-refractivity contribution is -0.120. The van der Waals surface area contributed by atoms with Crippen LogP contribution in [0.25, 0.3) is 0 Å². The third-order valence-corrected chi connectivity index (χ3v) is 3.18. The van der Waals surface area contributed by atoms with E-state index >= 15 is 0 Å². The number of carbonyl (C=O) groups excluding carboxylic acids is 1. The van der Waals surface area contributed by atoms with Crippen LogP contribution in [0.2, 0.25) is 0 Å². The summed E-state index contributed by atoms with van der Waals surface area (Å²) in [7, 11) is 1.41. The molecule has 1 amide bonds. The van der Waals surface area contributed by atoms with E-state index in [0.717, 1.165) is 5.56 Å². The Bertz CT molecular complexity index is 617. The number of amides is 1. The van der Waals surface area contributed by atoms with E-state index in [1.165, 1.54) is 7.11 Å². The minimum Gasteiger partial charge on any atom is -0.494 e. The lowest BCUT2D eigenvalue weighted by Gasteiger charge is -2.16. The summed E-state index contributed by atoms with van der Waals surface area (Å²) in [6.07, 6.45) is 0. The molecule has 0 aromatic heterocycles. The number of benzene rings is 2. The smallest absolute Gasteiger partial charge is 0.239 e. The number of rotatable bonds is 6. The van der Waals surface area contributed by atoms with Gasteiger partial charge in [0.25, 0.3) is 0 Å². The molecule has 2 rings (SSSR count). The van der Waals surface area contributed by atoms with Gasteiger partial charge < -0.3 is 10.5 Å². The molecule has 0 heterocycles. The zero-order valence-electron chi connectivity index (χ0n) is 11.7. The summed E-state index contributed by atoms with van der Waals surface area (Å²) in [6, 6.07) is 13.3. The van der Waals surface area contributed by atoms with Crippen LogP contribution in [0.5, 0.6) is 5.75 Å². The number of hydrogen-bond donors (Lipinski definition) is 2. The van der Waals surface area contributed by atoms with Gasteiger partial charge in [-0.15, -0.1) is 0 Å². The number of primary amides is 1. The van der Waals surface area contributed by atoms with Crippen molar-refractivity contribution in [3.63, 3.8) is 0 Å². The third-order valence-electron chi connectivity index (χ3n) is 3.18. The molecule has 4 nitrogen and oxygen atoms in total. The van der Waals surface area contributed by atoms with Crippen molar-refractivity contribution >= 4 is 5.91 Å². The second-order valence-corrected chi connectivity index (χ2v) is 4.56. The summed E-state index contributed by atoms with van der Waals surface area (Å²) in [5.41, 5.74) is 6.56. The lowest BCUT2D eigenvalue weighted by atomic mass is 10.1. The van der Waals surface area contributed by atoms with E-state index in [0.29, 0.717) is 5.56 Å². The monoisotopic (exact) mass is 288 g/mol. The Labute approximate surface area is 122 Å². The number of hydrogen-bond acceptors (Lipinski definition) is 3. The Morgan fingerprint density at radius 2 is 1.95 bits per heavy atom. The van der Waals surface area contributed by atoms with E-state index in [1.54, 1.807) is 30.3 Å². The summed E-state index contributed by atoms with van der Waals surface area (Å²) in [4.78, 5) is 11.6. The topological polar surface area (TPSA) is 64.3 Å². The molecule has 0 aliphatic rings. The van der Waals surface area contributed by atoms with Crippen molar-refractivity contribution in [2.24, 2.45) is 5.73 Å². The number of methoxy groups -OCH3 is 1. The molecule has 1 unspecified atom stereocenters. The fourth-order valence-corrected chi connectivity index (χ4v) is 2.09. The van der Waals surface area contributed by atoms with Gasteiger partial charge in [0.2, 0.25) is 5.91 Å². The zero-order chi connectivity index (χ0) is 15.2. The Balaban J connectivity index is 2.15. The fourth-order valence-electron chi connectivity index (χ4n) is 2.09. The number of nitrogens with one attached hydrogen (secondary N) is 1. The SMILES string of the molecule is COc1cccc(CNC(C(N)=O)c2ccccc2)c1F. The first-order valence-electron chi connectivity index (χ1n) is 6.52. The predicted octanol–water partition coefficient (Wildman–Crippen LogP) is 2.15. The molecule has 5 heteroatoms. The molecule has 110 valence electrons. The molecular formula is C16H17FN2O2. The summed E-state index contributed by atoms with van der Waals surface area (Å²) < 4.78 is 19.0. The normalized spacial score (nSPS) is 11.9. The molecule has 0 spiro atoms. The Kier molecular flexibility index (Phi) is 4.90. The van der Waals surface area contributed by atoms with Gasteiger partial charge in [0, 0.05) is 12.1 Å². The van der Waals surface area contributed by atoms with Crippen molar-refractivity contribution < 1.29 is 13.9 Å². The highest BCUT2D eigenvalue weighted by molar-refractivity contribution is 5.81. The van der Waals surface area contributed by atoms with E-state index in [9.17, 15) is 9.18 Å². The van der Waals surface area contributed by atoms with Crippen LogP contribution in [0.1, 0.15) is 17.2 Å². The summed E-state index contributed by atoms with van der Waals surface area (Å²) in [5.74, 6) is -0.780. The summed E-state index contributed by atoms with van der Waals surface area (Å²) in [6.45, 7) is 0.172. The Hall–Kier alpha value is -2.40. The van der Waals surface area contributed by atoms with Gasteiger partial charge in [-0.1, -0.05) is 42.5 Å². The maximum Gasteiger partial charge on any atom is 0.239 e. The van der Waals surface area contributed by atoms with E-state index in [2.05, 4.69) is 5.32 Å². The van der Waals surface area contributed by atoms with Crippen molar-refractivity contribution in [3.8, 4) is 5.75 Å². The van der Waals surface area contributed by atoms with E-state index < -0.39 is 17.8 Å². The molecule has 0 bridgehead atoms. The molecule has 2 aromatic rings. The van der Waals surface area contributed by atoms with Crippen molar-refractivity contribution in [1.29, 1.82) is 0 Å². The molecular weight excluding hydrogens is 271 g/mol. The number of carbonyl (C=O) groups is 1. The maximum atomic E-state index is 14.0. The number of halogens is 1. The Morgan fingerprint density at radius 1 is 1.24 bits per heavy atom. The lowest BCUT2D eigenvalue weighted by Crippen LogP contribution is -2.33. The highest BCUT2D eigenvalue weighted by atomic mass is 19.1. The van der Waals surface area contributed by atoms with Crippen LogP contribution in [0.3, 0.4) is 0 Å². The highest BCUT2D eigenvalue weighted by Gasteiger charge is 2.18. The second-order valence-electron chi connectivity index (χ2n) is 4.56. The molecule has 21 heavy (non-hydrogen) atoms. The van der Waals surface area contributed by atoms with Crippen LogP contribution in [0, 0.1) is 5.82 Å². The fraction of sp³-hybridized carbons (Fsp3) is 0.188. The van der Waals surface area contributed by atoms with Crippen LogP contribution in [0.15, 0.2) is 48.5 Å². The van der Waals surface area contributed by atoms with Crippen molar-refractivity contribution in [3.05, 3.63) is 65.5 Å². The van der Waals surface area contributed by atoms with Gasteiger partial charge in [-0.25, -0.2) is 4.39 Å². The molecule has 0 saturated carbocycles. The van der Waals surface area contributed by atoms with Gasteiger partial charge in [0.05, 0.1) is 7.11 Å². The van der Waals surface area contributed by atoms with Crippen LogP contribution in [-0.2, 0) is 11.3 Å². The maximum absolute atomic E-state index is 14.0. The van der Waals surface area contributed by atoms with Gasteiger partial charge in [-0.2, -0.15) is 0 Å². The van der Waals surface area contributed by atoms with Gasteiger partial charge in [0.15, 0.2) is 11.6 Å². The highest BCUT2D eigenvalue weighted by Crippen LogP contribution is 2.21. The first kappa shape index (κ1) is 15.0. The molecule has 0 aliphatic carbocycles. The standard InChI is InChI=1S/C16H17FN2O2/c1-21-13-9-5-8-12(14(13)17)10-19-15(16(18)20)11-6-3-2-4-7-11/h2-9,15,19H,10H2,1H3,(H2,18,20). The molecule has 1 atom stereocenters. The van der Waals surface area contributed by atoms with Crippen molar-refractivity contribution in [1.82, 2.24) is 5.32 Å². The van der Waals surface area contributed by atoms with E-state index in [1.807, 2.05) is 18.2 Å². The first-order chi connectivity index (χ1) is 10.1. The average Bonchev–Trinajstić information content (AvgIpc) is 2.50. The number of nitrogens with two attached hydrogens (primary N) is 1. The summed E-state index contributed by atoms with van der Waals surface area (Å²) in [5, 5.41) is 2.97. The second kappa shape index (κ2) is 6.85. The molecule has 2 aromatic carbocycles. The van der Waals surface area contributed by atoms with Crippen LogP contribution >= 0.6 is 0 Å². The molecule has 0 aliphatic heterocycles. The minimum absolute atomic E-state index is 0.171. The van der Waals surface area contributed by atoms with Gasteiger partial charge in [-0.05, 0) is 11.6 Å². The molecule has 0 saturated heterocycles. The van der Waals surface area contributed by atoms with Crippen LogP contribution in [-0.4, -0.2) is 13.0 Å². The van der Waals surface area contributed by atoms with Gasteiger partial charge >= 0.3 is 0 Å². The van der Waals surface area contributed by atoms with Gasteiger partial charge in [0.1, 0.15) is 6.04 Å². The summed E-state index contributed by atoms with van der Waals surface area (Å²) >= 11 is 0. The largest absolute Gasteiger partial charge is 0.494 e. The van der Waals surface area contributed by atoms with E-state index in [4.69, 9.17) is 10.5 Å². The predicted molar refractivity (Wildman–Crippen MR) is 78.2 cm³/mol. The minimum atomic E-state index is -0.670. The average molecular weight is 288 g/mol. The zero-order valence-corrected chi connectivity index (χ0v) is 11.7. The van der Waals surface area contributed by atoms with Crippen LogP contribution < -0.4 is 15.8 Å². The van der Waals surface area contributed by atoms with Crippen molar-refractivity contribution in [2.45, 2.75) is 12.6 Å². The van der Waals surface area contributed by atoms with Crippen molar-refractivity contribution in [2.75, 3.05) is 7.11 Å². The first-order valence-corrected chi connectivity index (χ1v) is 6.52. The molecule has 3 N–H and O–H groups in total. The third kappa shape index (κ3) is 3.58. The van der Waals surface area contributed by atoms with E-state index in [-0.39, 0.29) is 12.3 Å². The Morgan fingerprint density at radius 3 is 2.57 bits per heavy atom. The quantitative estimate of drug-likeness (QED) is 0.856. The molecule has 0 radical (unpaired) electrons.